The van der Waals surface area contributed by atoms with Crippen LogP contribution in [0.4, 0.5) is 0 Å². The number of amides is 1. The van der Waals surface area contributed by atoms with Gasteiger partial charge in [-0.15, -0.1) is 10.1 Å². The Morgan fingerprint density at radius 3 is 2.38 bits per heavy atom. The first-order valence-electron chi connectivity index (χ1n) is 9.93. The minimum atomic E-state index is -0.861. The molecule has 10 nitrogen and oxygen atoms in total. The Hall–Kier alpha value is -2.66. The molecule has 32 heavy (non-hydrogen) atoms. The summed E-state index contributed by atoms with van der Waals surface area (Å²) in [5, 5.41) is 9.20. The van der Waals surface area contributed by atoms with Gasteiger partial charge in [-0.05, 0) is 30.9 Å². The van der Waals surface area contributed by atoms with Crippen LogP contribution in [0.1, 0.15) is 45.2 Å². The molecule has 3 atom stereocenters. The minimum Gasteiger partial charge on any atom is -0.459 e. The van der Waals surface area contributed by atoms with Gasteiger partial charge in [-0.2, -0.15) is 0 Å². The number of nitrogens with zero attached hydrogens (tertiary/aromatic N) is 2. The third-order valence-corrected chi connectivity index (χ3v) is 6.14. The molecule has 1 amide bonds. The number of ether oxygens (including phenoxy) is 1. The van der Waals surface area contributed by atoms with Crippen molar-refractivity contribution in [2.24, 2.45) is 11.7 Å². The fourth-order valence-corrected chi connectivity index (χ4v) is 3.90. The Balaban J connectivity index is 0.00000512. The molecule has 0 bridgehead atoms. The number of esters is 1. The fraction of sp³-hybridized carbons (Fsp3) is 0.571. The van der Waals surface area contributed by atoms with E-state index in [9.17, 15) is 24.5 Å². The van der Waals surface area contributed by atoms with E-state index < -0.39 is 29.1 Å². The second-order valence-electron chi connectivity index (χ2n) is 7.43. The minimum absolute atomic E-state index is 0. The molecule has 178 valence electrons. The van der Waals surface area contributed by atoms with Crippen LogP contribution in [0.15, 0.2) is 24.3 Å². The lowest BCUT2D eigenvalue weighted by Crippen LogP contribution is -2.44. The first-order chi connectivity index (χ1) is 14.7. The van der Waals surface area contributed by atoms with E-state index in [1.807, 2.05) is 0 Å². The van der Waals surface area contributed by atoms with E-state index in [1.54, 1.807) is 38.1 Å². The van der Waals surface area contributed by atoms with E-state index in [2.05, 4.69) is 4.84 Å². The van der Waals surface area contributed by atoms with Crippen LogP contribution in [-0.4, -0.2) is 51.4 Å². The van der Waals surface area contributed by atoms with Crippen molar-refractivity contribution in [3.05, 3.63) is 45.5 Å². The van der Waals surface area contributed by atoms with E-state index >= 15 is 0 Å². The molecule has 1 unspecified atom stereocenters. The lowest BCUT2D eigenvalue weighted by molar-refractivity contribution is -0.763. The van der Waals surface area contributed by atoms with Crippen molar-refractivity contribution in [3.8, 4) is 0 Å². The standard InChI is InChI=1S/C20H27N3O7S.CH4/c1-13(12-31-20(26)14(2)21)18(24)22-9-3-4-17(22)19(25)29-10-15-5-7-16(8-6-15)11-30-23(27)28;/h5-8,13-14,17H,3-4,9-12,21H2,1-2H3;1H4/t13-,14?,17+;/m1./s1. The molecule has 0 aliphatic carbocycles. The molecular formula is C21H31N3O7S. The monoisotopic (exact) mass is 469 g/mol. The number of benzene rings is 1. The normalized spacial score (nSPS) is 17.1. The molecular weight excluding hydrogens is 438 g/mol. The summed E-state index contributed by atoms with van der Waals surface area (Å²) in [5.41, 5.74) is 6.87. The van der Waals surface area contributed by atoms with E-state index in [0.29, 0.717) is 36.3 Å². The highest BCUT2D eigenvalue weighted by Crippen LogP contribution is 2.23. The van der Waals surface area contributed by atoms with Crippen molar-refractivity contribution >= 4 is 28.8 Å². The zero-order valence-electron chi connectivity index (χ0n) is 17.5. The number of carbonyl (C=O) groups excluding carboxylic acids is 3. The molecule has 2 N–H and O–H groups in total. The third kappa shape index (κ3) is 8.12. The number of carbonyl (C=O) groups is 3. The maximum absolute atomic E-state index is 12.8. The van der Waals surface area contributed by atoms with Crippen molar-refractivity contribution in [1.29, 1.82) is 0 Å². The molecule has 0 radical (unpaired) electrons. The predicted octanol–water partition coefficient (Wildman–Crippen LogP) is 2.31. The molecule has 0 aromatic heterocycles. The van der Waals surface area contributed by atoms with Gasteiger partial charge < -0.3 is 20.2 Å². The molecule has 1 aliphatic rings. The quantitative estimate of drug-likeness (QED) is 0.310. The van der Waals surface area contributed by atoms with Crippen LogP contribution in [-0.2, 0) is 37.2 Å². The van der Waals surface area contributed by atoms with Crippen LogP contribution in [0.3, 0.4) is 0 Å². The SMILES string of the molecule is C.CC(N)C(=O)SC[C@@H](C)C(=O)N1CCC[C@H]1C(=O)OCc1ccc(CO[N+](=O)[O-])cc1. The maximum Gasteiger partial charge on any atom is 0.329 e. The van der Waals surface area contributed by atoms with Gasteiger partial charge in [0, 0.05) is 18.2 Å². The van der Waals surface area contributed by atoms with Gasteiger partial charge in [0.15, 0.2) is 0 Å². The Morgan fingerprint density at radius 2 is 1.81 bits per heavy atom. The molecule has 0 spiro atoms. The van der Waals surface area contributed by atoms with Crippen molar-refractivity contribution in [3.63, 3.8) is 0 Å². The van der Waals surface area contributed by atoms with Gasteiger partial charge in [0.05, 0.1) is 6.04 Å². The Labute approximate surface area is 191 Å². The van der Waals surface area contributed by atoms with E-state index in [4.69, 9.17) is 10.5 Å². The van der Waals surface area contributed by atoms with Crippen molar-refractivity contribution in [2.75, 3.05) is 12.3 Å². The van der Waals surface area contributed by atoms with Crippen LogP contribution in [0.25, 0.3) is 0 Å². The largest absolute Gasteiger partial charge is 0.459 e. The predicted molar refractivity (Wildman–Crippen MR) is 120 cm³/mol. The second kappa shape index (κ2) is 13.0. The maximum atomic E-state index is 12.8. The second-order valence-corrected chi connectivity index (χ2v) is 8.46. The molecule has 0 saturated carbocycles. The molecule has 2 rings (SSSR count). The number of likely N-dealkylation sites (tertiary alicyclic amines) is 1. The molecule has 1 aliphatic heterocycles. The first kappa shape index (κ1) is 27.4. The highest BCUT2D eigenvalue weighted by Gasteiger charge is 2.37. The Morgan fingerprint density at radius 1 is 1.22 bits per heavy atom. The fourth-order valence-electron chi connectivity index (χ4n) is 3.08. The lowest BCUT2D eigenvalue weighted by atomic mass is 10.1. The van der Waals surface area contributed by atoms with Gasteiger partial charge in [-0.1, -0.05) is 50.4 Å². The van der Waals surface area contributed by atoms with Gasteiger partial charge >= 0.3 is 5.97 Å². The van der Waals surface area contributed by atoms with Crippen LogP contribution < -0.4 is 5.73 Å². The summed E-state index contributed by atoms with van der Waals surface area (Å²) >= 11 is 1.03. The van der Waals surface area contributed by atoms with Gasteiger partial charge in [0.25, 0.3) is 5.09 Å². The first-order valence-corrected chi connectivity index (χ1v) is 10.9. The number of thioether (sulfide) groups is 1. The van der Waals surface area contributed by atoms with E-state index in [0.717, 1.165) is 11.8 Å². The Bertz CT molecular complexity index is 801. The van der Waals surface area contributed by atoms with Crippen LogP contribution in [0, 0.1) is 16.0 Å². The highest BCUT2D eigenvalue weighted by molar-refractivity contribution is 8.13. The van der Waals surface area contributed by atoms with Crippen LogP contribution in [0.2, 0.25) is 0 Å². The van der Waals surface area contributed by atoms with Crippen molar-refractivity contribution in [1.82, 2.24) is 4.90 Å². The summed E-state index contributed by atoms with van der Waals surface area (Å²) in [5.74, 6) is -0.767. The molecule has 1 aromatic carbocycles. The van der Waals surface area contributed by atoms with Crippen molar-refractivity contribution in [2.45, 2.75) is 59.4 Å². The van der Waals surface area contributed by atoms with Crippen LogP contribution in [0.5, 0.6) is 0 Å². The summed E-state index contributed by atoms with van der Waals surface area (Å²) in [6.45, 7) is 3.68. The summed E-state index contributed by atoms with van der Waals surface area (Å²) in [6, 6.07) is 5.46. The van der Waals surface area contributed by atoms with E-state index in [1.165, 1.54) is 4.90 Å². The number of nitrogens with two attached hydrogens (primary N) is 1. The Kier molecular flexibility index (Phi) is 11.1. The van der Waals surface area contributed by atoms with Crippen molar-refractivity contribution < 1.29 is 29.0 Å². The van der Waals surface area contributed by atoms with Gasteiger partial charge in [0.2, 0.25) is 11.0 Å². The number of hydrogen-bond donors (Lipinski definition) is 1. The zero-order valence-corrected chi connectivity index (χ0v) is 18.3. The van der Waals surface area contributed by atoms with Gasteiger partial charge in [0.1, 0.15) is 19.3 Å². The number of hydrogen-bond acceptors (Lipinski definition) is 9. The average Bonchev–Trinajstić information content (AvgIpc) is 3.24. The summed E-state index contributed by atoms with van der Waals surface area (Å²) in [4.78, 5) is 53.1. The zero-order chi connectivity index (χ0) is 23.0. The summed E-state index contributed by atoms with van der Waals surface area (Å²) in [6.07, 6.45) is 1.23. The summed E-state index contributed by atoms with van der Waals surface area (Å²) in [7, 11) is 0. The smallest absolute Gasteiger partial charge is 0.329 e. The molecule has 1 heterocycles. The van der Waals surface area contributed by atoms with E-state index in [-0.39, 0.29) is 31.7 Å². The molecule has 11 heteroatoms. The van der Waals surface area contributed by atoms with Gasteiger partial charge in [-0.25, -0.2) is 4.79 Å². The molecule has 1 aromatic rings. The third-order valence-electron chi connectivity index (χ3n) is 4.82. The molecule has 1 fully saturated rings. The highest BCUT2D eigenvalue weighted by atomic mass is 32.2. The molecule has 1 saturated heterocycles. The van der Waals surface area contributed by atoms with Gasteiger partial charge in [-0.3, -0.25) is 9.59 Å². The average molecular weight is 470 g/mol. The van der Waals surface area contributed by atoms with Crippen LogP contribution >= 0.6 is 11.8 Å². The lowest BCUT2D eigenvalue weighted by Gasteiger charge is -2.26. The topological polar surface area (TPSA) is 142 Å². The number of rotatable bonds is 10. The summed E-state index contributed by atoms with van der Waals surface area (Å²) < 4.78 is 5.39.